The summed E-state index contributed by atoms with van der Waals surface area (Å²) < 4.78 is 18.5. The molecule has 1 N–H and O–H groups in total. The molecular formula is C13H9FO4S. The van der Waals surface area contributed by atoms with Gasteiger partial charge in [-0.1, -0.05) is 0 Å². The van der Waals surface area contributed by atoms with Crippen molar-refractivity contribution in [1.29, 1.82) is 0 Å². The van der Waals surface area contributed by atoms with Crippen LogP contribution in [0, 0.1) is 5.82 Å². The van der Waals surface area contributed by atoms with Crippen LogP contribution in [0.25, 0.3) is 0 Å². The molecule has 0 amide bonds. The SMILES string of the molecule is O=Cc1cc(F)cc(OCc2ccsc2C(=O)O)c1. The minimum Gasteiger partial charge on any atom is -0.489 e. The summed E-state index contributed by atoms with van der Waals surface area (Å²) in [6.45, 7) is 0.00683. The maximum Gasteiger partial charge on any atom is 0.346 e. The fraction of sp³-hybridized carbons (Fsp3) is 0.0769. The zero-order chi connectivity index (χ0) is 13.8. The number of aromatic carboxylic acids is 1. The molecule has 1 heterocycles. The summed E-state index contributed by atoms with van der Waals surface area (Å²) in [7, 11) is 0. The number of rotatable bonds is 5. The summed E-state index contributed by atoms with van der Waals surface area (Å²) in [6.07, 6.45) is 0.517. The Morgan fingerprint density at radius 2 is 2.21 bits per heavy atom. The number of hydrogen-bond acceptors (Lipinski definition) is 4. The maximum absolute atomic E-state index is 13.2. The van der Waals surface area contributed by atoms with Crippen molar-refractivity contribution in [2.24, 2.45) is 0 Å². The van der Waals surface area contributed by atoms with E-state index in [9.17, 15) is 14.0 Å². The minimum atomic E-state index is -1.03. The lowest BCUT2D eigenvalue weighted by Gasteiger charge is -2.06. The van der Waals surface area contributed by atoms with Crippen LogP contribution in [0.2, 0.25) is 0 Å². The topological polar surface area (TPSA) is 63.6 Å². The lowest BCUT2D eigenvalue weighted by Crippen LogP contribution is -2.02. The van der Waals surface area contributed by atoms with Crippen LogP contribution in [0.15, 0.2) is 29.6 Å². The normalized spacial score (nSPS) is 10.2. The fourth-order valence-corrected chi connectivity index (χ4v) is 2.28. The highest BCUT2D eigenvalue weighted by Gasteiger charge is 2.12. The van der Waals surface area contributed by atoms with Gasteiger partial charge in [0.15, 0.2) is 0 Å². The van der Waals surface area contributed by atoms with Crippen molar-refractivity contribution in [2.75, 3.05) is 0 Å². The molecule has 2 rings (SSSR count). The van der Waals surface area contributed by atoms with Crippen LogP contribution < -0.4 is 4.74 Å². The van der Waals surface area contributed by atoms with E-state index in [1.54, 1.807) is 11.4 Å². The zero-order valence-electron chi connectivity index (χ0n) is 9.63. The molecule has 0 unspecified atom stereocenters. The highest BCUT2D eigenvalue weighted by Crippen LogP contribution is 2.21. The molecule has 1 aromatic carbocycles. The van der Waals surface area contributed by atoms with E-state index in [0.717, 1.165) is 23.5 Å². The van der Waals surface area contributed by atoms with Gasteiger partial charge in [-0.05, 0) is 23.6 Å². The predicted octanol–water partition coefficient (Wildman–Crippen LogP) is 2.98. The summed E-state index contributed by atoms with van der Waals surface area (Å²) >= 11 is 1.09. The molecule has 0 spiro atoms. The molecule has 0 atom stereocenters. The van der Waals surface area contributed by atoms with Crippen molar-refractivity contribution in [3.05, 3.63) is 51.5 Å². The first kappa shape index (κ1) is 13.2. The van der Waals surface area contributed by atoms with Gasteiger partial charge < -0.3 is 9.84 Å². The Bertz CT molecular complexity index is 621. The maximum atomic E-state index is 13.2. The van der Waals surface area contributed by atoms with Crippen molar-refractivity contribution in [3.8, 4) is 5.75 Å². The van der Waals surface area contributed by atoms with Crippen LogP contribution in [-0.2, 0) is 6.61 Å². The highest BCUT2D eigenvalue weighted by atomic mass is 32.1. The van der Waals surface area contributed by atoms with Crippen molar-refractivity contribution in [2.45, 2.75) is 6.61 Å². The zero-order valence-corrected chi connectivity index (χ0v) is 10.4. The number of hydrogen-bond donors (Lipinski definition) is 1. The Labute approximate surface area is 112 Å². The summed E-state index contributed by atoms with van der Waals surface area (Å²) in [4.78, 5) is 21.7. The molecule has 0 radical (unpaired) electrons. The van der Waals surface area contributed by atoms with Crippen LogP contribution >= 0.6 is 11.3 Å². The van der Waals surface area contributed by atoms with Crippen LogP contribution in [0.1, 0.15) is 25.6 Å². The molecule has 0 aliphatic rings. The molecule has 6 heteroatoms. The average molecular weight is 280 g/mol. The van der Waals surface area contributed by atoms with Gasteiger partial charge in [0.25, 0.3) is 0 Å². The molecule has 0 saturated heterocycles. The Balaban J connectivity index is 2.14. The first-order valence-corrected chi connectivity index (χ1v) is 6.16. The van der Waals surface area contributed by atoms with Gasteiger partial charge in [-0.15, -0.1) is 11.3 Å². The second kappa shape index (κ2) is 5.62. The third-order valence-electron chi connectivity index (χ3n) is 2.37. The Morgan fingerprint density at radius 1 is 1.42 bits per heavy atom. The molecule has 98 valence electrons. The lowest BCUT2D eigenvalue weighted by atomic mass is 10.2. The van der Waals surface area contributed by atoms with E-state index in [1.807, 2.05) is 0 Å². The Morgan fingerprint density at radius 3 is 2.89 bits per heavy atom. The minimum absolute atomic E-state index is 0.00683. The summed E-state index contributed by atoms with van der Waals surface area (Å²) in [5, 5.41) is 10.6. The van der Waals surface area contributed by atoms with Crippen LogP contribution in [-0.4, -0.2) is 17.4 Å². The molecular weight excluding hydrogens is 271 g/mol. The number of benzene rings is 1. The largest absolute Gasteiger partial charge is 0.489 e. The molecule has 0 saturated carbocycles. The molecule has 2 aromatic rings. The van der Waals surface area contributed by atoms with E-state index in [2.05, 4.69) is 0 Å². The lowest BCUT2D eigenvalue weighted by molar-refractivity contribution is 0.0699. The molecule has 4 nitrogen and oxygen atoms in total. The Kier molecular flexibility index (Phi) is 3.91. The third kappa shape index (κ3) is 3.17. The molecule has 1 aromatic heterocycles. The third-order valence-corrected chi connectivity index (χ3v) is 3.31. The number of carbonyl (C=O) groups excluding carboxylic acids is 1. The van der Waals surface area contributed by atoms with E-state index in [1.165, 1.54) is 6.07 Å². The van der Waals surface area contributed by atoms with Gasteiger partial charge in [0.2, 0.25) is 0 Å². The van der Waals surface area contributed by atoms with Gasteiger partial charge in [0.1, 0.15) is 29.3 Å². The van der Waals surface area contributed by atoms with Crippen LogP contribution in [0.4, 0.5) is 4.39 Å². The molecule has 0 aliphatic heterocycles. The van der Waals surface area contributed by atoms with E-state index >= 15 is 0 Å². The molecule has 0 bridgehead atoms. The van der Waals surface area contributed by atoms with Gasteiger partial charge in [0, 0.05) is 17.2 Å². The van der Waals surface area contributed by atoms with Crippen LogP contribution in [0.5, 0.6) is 5.75 Å². The number of thiophene rings is 1. The van der Waals surface area contributed by atoms with E-state index in [-0.39, 0.29) is 22.8 Å². The number of carboxylic acids is 1. The summed E-state index contributed by atoms with van der Waals surface area (Å²) in [5.74, 6) is -1.42. The standard InChI is InChI=1S/C13H9FO4S/c14-10-3-8(6-15)4-11(5-10)18-7-9-1-2-19-12(9)13(16)17/h1-6H,7H2,(H,16,17). The van der Waals surface area contributed by atoms with E-state index in [4.69, 9.17) is 9.84 Å². The van der Waals surface area contributed by atoms with Gasteiger partial charge in [0.05, 0.1) is 0 Å². The Hall–Kier alpha value is -2.21. The van der Waals surface area contributed by atoms with Crippen molar-refractivity contribution >= 4 is 23.6 Å². The monoisotopic (exact) mass is 280 g/mol. The fourth-order valence-electron chi connectivity index (χ4n) is 1.53. The number of carbonyl (C=O) groups is 2. The second-order valence-corrected chi connectivity index (χ2v) is 4.62. The average Bonchev–Trinajstić information content (AvgIpc) is 2.84. The van der Waals surface area contributed by atoms with Crippen molar-refractivity contribution in [1.82, 2.24) is 0 Å². The van der Waals surface area contributed by atoms with E-state index in [0.29, 0.717) is 11.8 Å². The van der Waals surface area contributed by atoms with E-state index < -0.39 is 11.8 Å². The van der Waals surface area contributed by atoms with Gasteiger partial charge in [-0.25, -0.2) is 9.18 Å². The first-order chi connectivity index (χ1) is 9.10. The summed E-state index contributed by atoms with van der Waals surface area (Å²) in [6, 6.07) is 5.25. The number of carboxylic acid groups (broad SMARTS) is 1. The quantitative estimate of drug-likeness (QED) is 0.855. The summed E-state index contributed by atoms with van der Waals surface area (Å²) in [5.41, 5.74) is 0.674. The molecule has 0 fully saturated rings. The van der Waals surface area contributed by atoms with Crippen LogP contribution in [0.3, 0.4) is 0 Å². The first-order valence-electron chi connectivity index (χ1n) is 5.28. The number of halogens is 1. The number of ether oxygens (including phenoxy) is 1. The van der Waals surface area contributed by atoms with Gasteiger partial charge >= 0.3 is 5.97 Å². The van der Waals surface area contributed by atoms with Crippen molar-refractivity contribution in [3.63, 3.8) is 0 Å². The van der Waals surface area contributed by atoms with Gasteiger partial charge in [-0.3, -0.25) is 4.79 Å². The highest BCUT2D eigenvalue weighted by molar-refractivity contribution is 7.12. The predicted molar refractivity (Wildman–Crippen MR) is 67.4 cm³/mol. The molecule has 0 aliphatic carbocycles. The van der Waals surface area contributed by atoms with Crippen molar-refractivity contribution < 1.29 is 23.8 Å². The second-order valence-electron chi connectivity index (χ2n) is 3.71. The smallest absolute Gasteiger partial charge is 0.346 e. The van der Waals surface area contributed by atoms with Gasteiger partial charge in [-0.2, -0.15) is 0 Å². The molecule has 19 heavy (non-hydrogen) atoms. The number of aldehydes is 1.